The smallest absolute Gasteiger partial charge is 0.238 e. The predicted octanol–water partition coefficient (Wildman–Crippen LogP) is 2.92. The zero-order valence-corrected chi connectivity index (χ0v) is 21.2. The number of nitrogens with two attached hydrogens (primary N) is 1. The molecule has 1 aliphatic rings. The van der Waals surface area contributed by atoms with Gasteiger partial charge in [0.1, 0.15) is 4.75 Å². The molecule has 7 heteroatoms. The summed E-state index contributed by atoms with van der Waals surface area (Å²) in [7, 11) is 0.448. The number of carbonyl (C=O) groups excluding carboxylic acids is 1. The van der Waals surface area contributed by atoms with Gasteiger partial charge < -0.3 is 10.6 Å². The van der Waals surface area contributed by atoms with Gasteiger partial charge in [0.2, 0.25) is 5.91 Å². The van der Waals surface area contributed by atoms with Gasteiger partial charge in [0.25, 0.3) is 0 Å². The first-order chi connectivity index (χ1) is 16.0. The van der Waals surface area contributed by atoms with Gasteiger partial charge >= 0.3 is 0 Å². The quantitative estimate of drug-likeness (QED) is 0.618. The van der Waals surface area contributed by atoms with Gasteiger partial charge in [-0.05, 0) is 67.3 Å². The SMILES string of the molecule is CN(C)c1ccc(C#Cc2ccc(C3=CCN(CCC(C)(C(N)=O)S(C)(=O)=O)CC3)cc2)cc1. The Balaban J connectivity index is 1.60. The van der Waals surface area contributed by atoms with Crippen LogP contribution in [-0.2, 0) is 14.6 Å². The highest BCUT2D eigenvalue weighted by molar-refractivity contribution is 7.92. The van der Waals surface area contributed by atoms with Crippen molar-refractivity contribution in [3.05, 3.63) is 71.3 Å². The van der Waals surface area contributed by atoms with E-state index in [2.05, 4.69) is 52.0 Å². The average molecular weight is 480 g/mol. The fraction of sp³-hybridized carbons (Fsp3) is 0.370. The molecule has 0 saturated heterocycles. The molecule has 2 N–H and O–H groups in total. The third-order valence-electron chi connectivity index (χ3n) is 6.53. The summed E-state index contributed by atoms with van der Waals surface area (Å²) < 4.78 is 22.6. The maximum absolute atomic E-state index is 12.1. The van der Waals surface area contributed by atoms with Crippen LogP contribution in [-0.4, -0.2) is 64.0 Å². The highest BCUT2D eigenvalue weighted by Crippen LogP contribution is 2.25. The second-order valence-corrected chi connectivity index (χ2v) is 11.6. The van der Waals surface area contributed by atoms with Crippen LogP contribution < -0.4 is 10.6 Å². The van der Waals surface area contributed by atoms with Gasteiger partial charge in [-0.25, -0.2) is 8.42 Å². The minimum absolute atomic E-state index is 0.190. The molecule has 0 bridgehead atoms. The second kappa shape index (κ2) is 10.5. The average Bonchev–Trinajstić information content (AvgIpc) is 2.81. The molecule has 34 heavy (non-hydrogen) atoms. The minimum Gasteiger partial charge on any atom is -0.378 e. The summed E-state index contributed by atoms with van der Waals surface area (Å²) in [5, 5.41) is 0. The van der Waals surface area contributed by atoms with Crippen molar-refractivity contribution in [1.29, 1.82) is 0 Å². The van der Waals surface area contributed by atoms with Crippen LogP contribution in [0.3, 0.4) is 0 Å². The number of carbonyl (C=O) groups is 1. The highest BCUT2D eigenvalue weighted by Gasteiger charge is 2.41. The molecule has 3 rings (SSSR count). The van der Waals surface area contributed by atoms with E-state index in [-0.39, 0.29) is 6.42 Å². The topological polar surface area (TPSA) is 83.7 Å². The molecule has 0 aromatic heterocycles. The summed E-state index contributed by atoms with van der Waals surface area (Å²) in [5.41, 5.74) is 10.9. The van der Waals surface area contributed by atoms with Gasteiger partial charge in [0.05, 0.1) is 0 Å². The summed E-state index contributed by atoms with van der Waals surface area (Å²) in [6.07, 6.45) is 4.28. The Morgan fingerprint density at radius 3 is 2.06 bits per heavy atom. The Hall–Kier alpha value is -3.08. The van der Waals surface area contributed by atoms with E-state index in [1.807, 2.05) is 38.4 Å². The van der Waals surface area contributed by atoms with Gasteiger partial charge in [-0.2, -0.15) is 0 Å². The van der Waals surface area contributed by atoms with Crippen LogP contribution in [0.5, 0.6) is 0 Å². The third-order valence-corrected chi connectivity index (χ3v) is 8.57. The van der Waals surface area contributed by atoms with Crippen molar-refractivity contribution < 1.29 is 13.2 Å². The summed E-state index contributed by atoms with van der Waals surface area (Å²) in [6, 6.07) is 16.4. The number of nitrogens with zero attached hydrogens (tertiary/aromatic N) is 2. The van der Waals surface area contributed by atoms with Crippen LogP contribution in [0.25, 0.3) is 5.57 Å². The molecular weight excluding hydrogens is 446 g/mol. The molecule has 0 radical (unpaired) electrons. The Bertz CT molecular complexity index is 1220. The number of hydrogen-bond acceptors (Lipinski definition) is 5. The van der Waals surface area contributed by atoms with E-state index in [4.69, 9.17) is 5.73 Å². The summed E-state index contributed by atoms with van der Waals surface area (Å²) >= 11 is 0. The number of anilines is 1. The van der Waals surface area contributed by atoms with Crippen molar-refractivity contribution in [3.8, 4) is 11.8 Å². The summed E-state index contributed by atoms with van der Waals surface area (Å²) in [4.78, 5) is 16.0. The zero-order valence-electron chi connectivity index (χ0n) is 20.3. The first kappa shape index (κ1) is 25.5. The number of rotatable bonds is 7. The number of sulfone groups is 1. The van der Waals surface area contributed by atoms with Crippen molar-refractivity contribution >= 4 is 27.0 Å². The lowest BCUT2D eigenvalue weighted by atomic mass is 9.97. The Morgan fingerprint density at radius 1 is 1.06 bits per heavy atom. The van der Waals surface area contributed by atoms with Crippen LogP contribution in [0.15, 0.2) is 54.6 Å². The number of hydrogen-bond donors (Lipinski definition) is 1. The van der Waals surface area contributed by atoms with Gasteiger partial charge in [-0.1, -0.05) is 30.0 Å². The summed E-state index contributed by atoms with van der Waals surface area (Å²) in [5.74, 6) is 5.64. The molecule has 1 aliphatic heterocycles. The molecule has 180 valence electrons. The lowest BCUT2D eigenvalue weighted by Gasteiger charge is -2.30. The maximum Gasteiger partial charge on any atom is 0.238 e. The minimum atomic E-state index is -3.58. The summed E-state index contributed by atoms with van der Waals surface area (Å²) in [6.45, 7) is 3.42. The van der Waals surface area contributed by atoms with Crippen molar-refractivity contribution in [3.63, 3.8) is 0 Å². The third kappa shape index (κ3) is 6.07. The monoisotopic (exact) mass is 479 g/mol. The first-order valence-corrected chi connectivity index (χ1v) is 13.2. The van der Waals surface area contributed by atoms with Gasteiger partial charge in [0.15, 0.2) is 9.84 Å². The van der Waals surface area contributed by atoms with Crippen molar-refractivity contribution in [2.24, 2.45) is 5.73 Å². The first-order valence-electron chi connectivity index (χ1n) is 11.3. The molecule has 0 fully saturated rings. The number of primary amides is 1. The van der Waals surface area contributed by atoms with Crippen molar-refractivity contribution in [1.82, 2.24) is 4.90 Å². The van der Waals surface area contributed by atoms with E-state index in [0.29, 0.717) is 13.1 Å². The van der Waals surface area contributed by atoms with Crippen LogP contribution in [0.1, 0.15) is 36.5 Å². The molecule has 1 atom stereocenters. The van der Waals surface area contributed by atoms with E-state index < -0.39 is 20.5 Å². The van der Waals surface area contributed by atoms with E-state index in [0.717, 1.165) is 36.0 Å². The van der Waals surface area contributed by atoms with E-state index >= 15 is 0 Å². The van der Waals surface area contributed by atoms with Crippen LogP contribution >= 0.6 is 0 Å². The molecule has 1 unspecified atom stereocenters. The Labute approximate surface area is 203 Å². The molecule has 0 saturated carbocycles. The maximum atomic E-state index is 12.1. The van der Waals surface area contributed by atoms with Crippen LogP contribution in [0, 0.1) is 11.8 Å². The molecule has 2 aromatic carbocycles. The van der Waals surface area contributed by atoms with E-state index in [1.165, 1.54) is 18.1 Å². The molecule has 2 aromatic rings. The number of amides is 1. The largest absolute Gasteiger partial charge is 0.378 e. The fourth-order valence-corrected chi connectivity index (χ4v) is 4.62. The molecule has 6 nitrogen and oxygen atoms in total. The molecule has 0 aliphatic carbocycles. The van der Waals surface area contributed by atoms with E-state index in [9.17, 15) is 13.2 Å². The second-order valence-electron chi connectivity index (χ2n) is 9.17. The zero-order chi connectivity index (χ0) is 24.9. The van der Waals surface area contributed by atoms with Crippen LogP contribution in [0.4, 0.5) is 5.69 Å². The van der Waals surface area contributed by atoms with Gasteiger partial charge in [0, 0.05) is 56.8 Å². The standard InChI is InChI=1S/C27H33N3O3S/c1-27(26(28)31,34(4,32)33)17-20-30-18-15-24(16-19-30)23-11-7-21(8-12-23)5-6-22-9-13-25(14-10-22)29(2)3/h7-15H,16-20H2,1-4H3,(H2,28,31). The number of benzene rings is 2. The van der Waals surface area contributed by atoms with E-state index in [1.54, 1.807) is 0 Å². The molecule has 1 heterocycles. The lowest BCUT2D eigenvalue weighted by Crippen LogP contribution is -2.49. The fourth-order valence-electron chi connectivity index (χ4n) is 3.79. The van der Waals surface area contributed by atoms with Crippen LogP contribution in [0.2, 0.25) is 0 Å². The molecule has 0 spiro atoms. The molecule has 1 amide bonds. The highest BCUT2D eigenvalue weighted by atomic mass is 32.2. The van der Waals surface area contributed by atoms with Gasteiger partial charge in [-0.15, -0.1) is 0 Å². The normalized spacial score (nSPS) is 16.1. The molecular formula is C27H33N3O3S. The van der Waals surface area contributed by atoms with Crippen molar-refractivity contribution in [2.75, 3.05) is 44.9 Å². The lowest BCUT2D eigenvalue weighted by molar-refractivity contribution is -0.120. The predicted molar refractivity (Wildman–Crippen MR) is 139 cm³/mol. The van der Waals surface area contributed by atoms with Crippen molar-refractivity contribution in [2.45, 2.75) is 24.5 Å². The van der Waals surface area contributed by atoms with Gasteiger partial charge in [-0.3, -0.25) is 9.69 Å². The Morgan fingerprint density at radius 2 is 1.62 bits per heavy atom. The Kier molecular flexibility index (Phi) is 7.86.